The fourth-order valence-electron chi connectivity index (χ4n) is 2.35. The van der Waals surface area contributed by atoms with Crippen molar-refractivity contribution in [2.45, 2.75) is 25.3 Å². The molecular formula is C19H20ClF3N2O4S. The molecule has 0 aliphatic heterocycles. The van der Waals surface area contributed by atoms with Gasteiger partial charge in [-0.05, 0) is 36.8 Å². The highest BCUT2D eigenvalue weighted by atomic mass is 35.5. The van der Waals surface area contributed by atoms with Crippen molar-refractivity contribution in [2.75, 3.05) is 17.9 Å². The van der Waals surface area contributed by atoms with Gasteiger partial charge in [0.2, 0.25) is 0 Å². The summed E-state index contributed by atoms with van der Waals surface area (Å²) in [6.07, 6.45) is 0.904. The van der Waals surface area contributed by atoms with E-state index in [9.17, 15) is 21.6 Å². The predicted octanol–water partition coefficient (Wildman–Crippen LogP) is 5.20. The van der Waals surface area contributed by atoms with Crippen LogP contribution in [0.2, 0.25) is 5.02 Å². The summed E-state index contributed by atoms with van der Waals surface area (Å²) < 4.78 is 68.3. The largest absolute Gasteiger partial charge is 0.516 e. The molecule has 30 heavy (non-hydrogen) atoms. The SMILES string of the molecule is CCC/C(=N\OCCOc1ccccc1)c1cc(Cl)ccc1NS(=O)(=O)C(F)(F)F. The van der Waals surface area contributed by atoms with Crippen LogP contribution >= 0.6 is 11.6 Å². The van der Waals surface area contributed by atoms with Crippen molar-refractivity contribution in [1.82, 2.24) is 0 Å². The van der Waals surface area contributed by atoms with Crippen LogP contribution in [-0.2, 0) is 14.9 Å². The van der Waals surface area contributed by atoms with Crippen molar-refractivity contribution in [3.05, 3.63) is 59.1 Å². The summed E-state index contributed by atoms with van der Waals surface area (Å²) >= 11 is 5.96. The van der Waals surface area contributed by atoms with Gasteiger partial charge in [0, 0.05) is 10.6 Å². The summed E-state index contributed by atoms with van der Waals surface area (Å²) in [7, 11) is -5.60. The minimum absolute atomic E-state index is 0.0757. The predicted molar refractivity (Wildman–Crippen MR) is 109 cm³/mol. The van der Waals surface area contributed by atoms with Crippen LogP contribution in [0.5, 0.6) is 5.75 Å². The number of sulfonamides is 1. The Hall–Kier alpha value is -2.46. The lowest BCUT2D eigenvalue weighted by Crippen LogP contribution is -2.30. The molecule has 0 fully saturated rings. The number of ether oxygens (including phenoxy) is 1. The third-order valence-corrected chi connectivity index (χ3v) is 5.02. The number of rotatable bonds is 10. The molecule has 0 saturated heterocycles. The molecule has 2 aromatic carbocycles. The third kappa shape index (κ3) is 6.81. The number of halogens is 4. The molecule has 0 aromatic heterocycles. The first-order valence-corrected chi connectivity index (χ1v) is 10.8. The molecule has 0 bridgehead atoms. The molecule has 1 N–H and O–H groups in total. The number of benzene rings is 2. The lowest BCUT2D eigenvalue weighted by Gasteiger charge is -2.15. The van der Waals surface area contributed by atoms with E-state index in [2.05, 4.69) is 5.16 Å². The van der Waals surface area contributed by atoms with Gasteiger partial charge in [-0.2, -0.15) is 21.6 Å². The lowest BCUT2D eigenvalue weighted by atomic mass is 10.0. The van der Waals surface area contributed by atoms with Crippen LogP contribution in [0.1, 0.15) is 25.3 Å². The van der Waals surface area contributed by atoms with Crippen LogP contribution in [-0.4, -0.2) is 32.9 Å². The molecule has 0 heterocycles. The summed E-state index contributed by atoms with van der Waals surface area (Å²) in [5.41, 5.74) is -5.41. The summed E-state index contributed by atoms with van der Waals surface area (Å²) in [4.78, 5) is 5.24. The lowest BCUT2D eigenvalue weighted by molar-refractivity contribution is -0.0429. The molecule has 0 atom stereocenters. The second-order valence-electron chi connectivity index (χ2n) is 6.02. The quantitative estimate of drug-likeness (QED) is 0.298. The fourth-order valence-corrected chi connectivity index (χ4v) is 3.11. The van der Waals surface area contributed by atoms with E-state index in [-0.39, 0.29) is 35.2 Å². The highest BCUT2D eigenvalue weighted by Gasteiger charge is 2.46. The van der Waals surface area contributed by atoms with E-state index >= 15 is 0 Å². The zero-order valence-electron chi connectivity index (χ0n) is 15.9. The van der Waals surface area contributed by atoms with E-state index in [0.717, 1.165) is 6.07 Å². The zero-order valence-corrected chi connectivity index (χ0v) is 17.5. The van der Waals surface area contributed by atoms with Gasteiger partial charge >= 0.3 is 15.5 Å². The second-order valence-corrected chi connectivity index (χ2v) is 8.13. The summed E-state index contributed by atoms with van der Waals surface area (Å²) in [5.74, 6) is 0.651. The molecule has 11 heteroatoms. The van der Waals surface area contributed by atoms with Gasteiger partial charge in [-0.15, -0.1) is 0 Å². The first-order valence-electron chi connectivity index (χ1n) is 8.89. The number of nitrogens with one attached hydrogen (secondary N) is 1. The average molecular weight is 465 g/mol. The van der Waals surface area contributed by atoms with Crippen molar-refractivity contribution < 1.29 is 31.2 Å². The Labute approximate surface area is 177 Å². The first kappa shape index (κ1) is 23.8. The zero-order chi connectivity index (χ0) is 22.2. The van der Waals surface area contributed by atoms with Crippen LogP contribution in [0.4, 0.5) is 18.9 Å². The number of hydrogen-bond donors (Lipinski definition) is 1. The molecule has 2 rings (SSSR count). The molecule has 164 valence electrons. The smallest absolute Gasteiger partial charge is 0.490 e. The number of hydrogen-bond acceptors (Lipinski definition) is 5. The highest BCUT2D eigenvalue weighted by molar-refractivity contribution is 7.93. The Morgan fingerprint density at radius 3 is 2.47 bits per heavy atom. The van der Waals surface area contributed by atoms with E-state index in [0.29, 0.717) is 18.6 Å². The Morgan fingerprint density at radius 2 is 1.83 bits per heavy atom. The minimum atomic E-state index is -5.60. The van der Waals surface area contributed by atoms with Crippen LogP contribution in [0.3, 0.4) is 0 Å². The molecule has 2 aromatic rings. The van der Waals surface area contributed by atoms with E-state index in [1.807, 2.05) is 25.1 Å². The van der Waals surface area contributed by atoms with Gasteiger partial charge in [0.1, 0.15) is 12.4 Å². The van der Waals surface area contributed by atoms with Gasteiger partial charge in [-0.25, -0.2) is 0 Å². The number of oxime groups is 1. The van der Waals surface area contributed by atoms with Gasteiger partial charge in [-0.3, -0.25) is 4.72 Å². The number of para-hydroxylation sites is 1. The van der Waals surface area contributed by atoms with Crippen molar-refractivity contribution in [1.29, 1.82) is 0 Å². The van der Waals surface area contributed by atoms with Crippen molar-refractivity contribution in [3.63, 3.8) is 0 Å². The molecule has 0 radical (unpaired) electrons. The standard InChI is InChI=1S/C19H20ClF3N2O4S/c1-2-6-17(24-29-12-11-28-15-7-4-3-5-8-15)16-13-14(20)9-10-18(16)25-30(26,27)19(21,22)23/h3-5,7-10,13,25H,2,6,11-12H2,1H3/b24-17+. The van der Waals surface area contributed by atoms with Crippen LogP contribution < -0.4 is 9.46 Å². The van der Waals surface area contributed by atoms with Gasteiger partial charge in [0.25, 0.3) is 0 Å². The van der Waals surface area contributed by atoms with E-state index in [1.54, 1.807) is 16.9 Å². The van der Waals surface area contributed by atoms with Crippen LogP contribution in [0, 0.1) is 0 Å². The van der Waals surface area contributed by atoms with E-state index < -0.39 is 15.5 Å². The molecular weight excluding hydrogens is 445 g/mol. The molecule has 0 aliphatic rings. The van der Waals surface area contributed by atoms with Gasteiger partial charge in [0.05, 0.1) is 11.4 Å². The Morgan fingerprint density at radius 1 is 1.13 bits per heavy atom. The van der Waals surface area contributed by atoms with Crippen molar-refractivity contribution >= 4 is 33.0 Å². The summed E-state index contributed by atoms with van der Waals surface area (Å²) in [6, 6.07) is 12.8. The molecule has 0 saturated carbocycles. The van der Waals surface area contributed by atoms with Gasteiger partial charge < -0.3 is 9.57 Å². The van der Waals surface area contributed by atoms with Gasteiger partial charge in [-0.1, -0.05) is 48.3 Å². The molecule has 0 amide bonds. The van der Waals surface area contributed by atoms with Crippen LogP contribution in [0.15, 0.2) is 53.7 Å². The number of alkyl halides is 3. The maximum Gasteiger partial charge on any atom is 0.516 e. The van der Waals surface area contributed by atoms with Crippen molar-refractivity contribution in [3.8, 4) is 5.75 Å². The fraction of sp³-hybridized carbons (Fsp3) is 0.316. The number of anilines is 1. The van der Waals surface area contributed by atoms with E-state index in [1.165, 1.54) is 12.1 Å². The molecule has 0 aliphatic carbocycles. The topological polar surface area (TPSA) is 77.0 Å². The summed E-state index contributed by atoms with van der Waals surface area (Å²) in [5, 5.41) is 4.18. The normalized spacial score (nSPS) is 12.5. The molecule has 6 nitrogen and oxygen atoms in total. The number of nitrogens with zero attached hydrogens (tertiary/aromatic N) is 1. The Kier molecular flexibility index (Phi) is 8.36. The first-order chi connectivity index (χ1) is 14.1. The molecule has 0 unspecified atom stereocenters. The Balaban J connectivity index is 2.17. The highest BCUT2D eigenvalue weighted by Crippen LogP contribution is 2.29. The van der Waals surface area contributed by atoms with Crippen molar-refractivity contribution in [2.24, 2.45) is 5.16 Å². The van der Waals surface area contributed by atoms with E-state index in [4.69, 9.17) is 21.2 Å². The maximum absolute atomic E-state index is 12.8. The minimum Gasteiger partial charge on any atom is -0.490 e. The van der Waals surface area contributed by atoms with Gasteiger partial charge in [0.15, 0.2) is 6.61 Å². The Bertz CT molecular complexity index is 967. The summed E-state index contributed by atoms with van der Waals surface area (Å²) in [6.45, 7) is 2.10. The monoisotopic (exact) mass is 464 g/mol. The van der Waals surface area contributed by atoms with Crippen LogP contribution in [0.25, 0.3) is 0 Å². The average Bonchev–Trinajstić information content (AvgIpc) is 2.68. The second kappa shape index (κ2) is 10.5. The molecule has 0 spiro atoms. The maximum atomic E-state index is 12.8. The third-order valence-electron chi connectivity index (χ3n) is 3.69.